The van der Waals surface area contributed by atoms with Crippen molar-refractivity contribution in [2.24, 2.45) is 0 Å². The summed E-state index contributed by atoms with van der Waals surface area (Å²) in [7, 11) is -4.00. The van der Waals surface area contributed by atoms with E-state index in [4.69, 9.17) is 27.9 Å². The van der Waals surface area contributed by atoms with Gasteiger partial charge in [0.1, 0.15) is 17.3 Å². The Morgan fingerprint density at radius 1 is 0.938 bits per heavy atom. The van der Waals surface area contributed by atoms with Gasteiger partial charge in [-0.3, -0.25) is 9.52 Å². The summed E-state index contributed by atoms with van der Waals surface area (Å²) in [5, 5.41) is 3.17. The van der Waals surface area contributed by atoms with E-state index in [0.29, 0.717) is 16.5 Å². The van der Waals surface area contributed by atoms with Crippen LogP contribution in [0.15, 0.2) is 65.6 Å². The molecule has 0 radical (unpaired) electrons. The molecule has 0 aromatic heterocycles. The van der Waals surface area contributed by atoms with Crippen LogP contribution < -0.4 is 14.8 Å². The van der Waals surface area contributed by atoms with Gasteiger partial charge < -0.3 is 10.1 Å². The molecular weight excluding hydrogens is 471 g/mol. The maximum atomic E-state index is 12.9. The molecule has 9 heteroatoms. The van der Waals surface area contributed by atoms with Crippen LogP contribution in [0.3, 0.4) is 0 Å². The lowest BCUT2D eigenvalue weighted by atomic mass is 10.1. The third-order valence-corrected chi connectivity index (χ3v) is 6.90. The van der Waals surface area contributed by atoms with Crippen molar-refractivity contribution in [2.75, 3.05) is 17.9 Å². The standard InChI is InChI=1S/C23H22Cl2N2O4S/c1-15-7-9-18(13-16(15)2)27-32(29,30)22-14-17(8-10-20(22)25)23(28)26-11-12-31-21-6-4-3-5-19(21)24/h3-10,13-14,27H,11-12H2,1-2H3,(H,26,28). The van der Waals surface area contributed by atoms with E-state index < -0.39 is 15.9 Å². The van der Waals surface area contributed by atoms with Crippen LogP contribution in [0.2, 0.25) is 10.0 Å². The zero-order chi connectivity index (χ0) is 23.3. The van der Waals surface area contributed by atoms with Gasteiger partial charge in [0.05, 0.1) is 16.6 Å². The Balaban J connectivity index is 1.68. The summed E-state index contributed by atoms with van der Waals surface area (Å²) < 4.78 is 33.8. The largest absolute Gasteiger partial charge is 0.490 e. The van der Waals surface area contributed by atoms with Crippen LogP contribution in [0.25, 0.3) is 0 Å². The smallest absolute Gasteiger partial charge is 0.263 e. The Morgan fingerprint density at radius 3 is 2.41 bits per heavy atom. The molecule has 0 saturated carbocycles. The number of rotatable bonds is 8. The number of amides is 1. The van der Waals surface area contributed by atoms with Gasteiger partial charge in [0.2, 0.25) is 0 Å². The lowest BCUT2D eigenvalue weighted by Gasteiger charge is -2.13. The fraction of sp³-hybridized carbons (Fsp3) is 0.174. The molecule has 0 spiro atoms. The maximum Gasteiger partial charge on any atom is 0.263 e. The predicted octanol–water partition coefficient (Wildman–Crippen LogP) is 5.22. The first-order valence-corrected chi connectivity index (χ1v) is 12.0. The summed E-state index contributed by atoms with van der Waals surface area (Å²) in [6.45, 7) is 4.23. The van der Waals surface area contributed by atoms with Gasteiger partial charge in [0, 0.05) is 11.3 Å². The number of carbonyl (C=O) groups is 1. The van der Waals surface area contributed by atoms with E-state index in [1.807, 2.05) is 19.9 Å². The molecule has 3 aromatic carbocycles. The fourth-order valence-electron chi connectivity index (χ4n) is 2.85. The predicted molar refractivity (Wildman–Crippen MR) is 127 cm³/mol. The number of para-hydroxylation sites is 1. The number of anilines is 1. The van der Waals surface area contributed by atoms with E-state index in [1.165, 1.54) is 18.2 Å². The second-order valence-corrected chi connectivity index (χ2v) is 9.55. The minimum Gasteiger partial charge on any atom is -0.490 e. The Kier molecular flexibility index (Phi) is 7.66. The van der Waals surface area contributed by atoms with Gasteiger partial charge in [-0.2, -0.15) is 0 Å². The minimum absolute atomic E-state index is 0.0138. The molecule has 0 atom stereocenters. The highest BCUT2D eigenvalue weighted by Gasteiger charge is 2.20. The molecule has 0 aliphatic carbocycles. The van der Waals surface area contributed by atoms with Gasteiger partial charge in [0.25, 0.3) is 15.9 Å². The normalized spacial score (nSPS) is 11.1. The van der Waals surface area contributed by atoms with Crippen LogP contribution in [0.5, 0.6) is 5.75 Å². The van der Waals surface area contributed by atoms with Crippen LogP contribution >= 0.6 is 23.2 Å². The van der Waals surface area contributed by atoms with Crippen LogP contribution in [0.1, 0.15) is 21.5 Å². The number of hydrogen-bond donors (Lipinski definition) is 2. The number of ether oxygens (including phenoxy) is 1. The van der Waals surface area contributed by atoms with Gasteiger partial charge in [-0.15, -0.1) is 0 Å². The zero-order valence-electron chi connectivity index (χ0n) is 17.5. The van der Waals surface area contributed by atoms with Crippen LogP contribution in [-0.2, 0) is 10.0 Å². The number of benzene rings is 3. The highest BCUT2D eigenvalue weighted by atomic mass is 35.5. The van der Waals surface area contributed by atoms with E-state index in [1.54, 1.807) is 36.4 Å². The van der Waals surface area contributed by atoms with E-state index >= 15 is 0 Å². The van der Waals surface area contributed by atoms with Crippen molar-refractivity contribution >= 4 is 44.8 Å². The second-order valence-electron chi connectivity index (χ2n) is 7.08. The highest BCUT2D eigenvalue weighted by molar-refractivity contribution is 7.92. The van der Waals surface area contributed by atoms with Crippen molar-refractivity contribution in [1.82, 2.24) is 5.32 Å². The first-order chi connectivity index (χ1) is 15.2. The molecule has 0 aliphatic rings. The summed E-state index contributed by atoms with van der Waals surface area (Å²) in [5.74, 6) is 0.0627. The number of nitrogens with one attached hydrogen (secondary N) is 2. The lowest BCUT2D eigenvalue weighted by Crippen LogP contribution is -2.28. The van der Waals surface area contributed by atoms with Gasteiger partial charge >= 0.3 is 0 Å². The number of aryl methyl sites for hydroxylation is 2. The lowest BCUT2D eigenvalue weighted by molar-refractivity contribution is 0.0947. The van der Waals surface area contributed by atoms with Crippen molar-refractivity contribution in [3.63, 3.8) is 0 Å². The third-order valence-electron chi connectivity index (χ3n) is 4.72. The summed E-state index contributed by atoms with van der Waals surface area (Å²) in [6, 6.07) is 16.3. The average Bonchev–Trinajstić information content (AvgIpc) is 2.75. The van der Waals surface area contributed by atoms with Crippen molar-refractivity contribution in [3.8, 4) is 5.75 Å². The van der Waals surface area contributed by atoms with Crippen molar-refractivity contribution in [2.45, 2.75) is 18.7 Å². The molecule has 0 aliphatic heterocycles. The van der Waals surface area contributed by atoms with Crippen LogP contribution in [0, 0.1) is 13.8 Å². The van der Waals surface area contributed by atoms with Gasteiger partial charge in [-0.05, 0) is 67.4 Å². The third kappa shape index (κ3) is 5.94. The summed E-state index contributed by atoms with van der Waals surface area (Å²) in [5.41, 5.74) is 2.56. The molecule has 3 aromatic rings. The molecule has 1 amide bonds. The first-order valence-electron chi connectivity index (χ1n) is 9.72. The minimum atomic E-state index is -4.00. The molecule has 0 unspecified atom stereocenters. The SMILES string of the molecule is Cc1ccc(NS(=O)(=O)c2cc(C(=O)NCCOc3ccccc3Cl)ccc2Cl)cc1C. The summed E-state index contributed by atoms with van der Waals surface area (Å²) in [6.07, 6.45) is 0. The Bertz CT molecular complexity index is 1250. The van der Waals surface area contributed by atoms with Crippen LogP contribution in [-0.4, -0.2) is 27.5 Å². The molecule has 168 valence electrons. The molecule has 0 saturated heterocycles. The monoisotopic (exact) mass is 492 g/mol. The van der Waals surface area contributed by atoms with Crippen molar-refractivity contribution < 1.29 is 17.9 Å². The summed E-state index contributed by atoms with van der Waals surface area (Å²) in [4.78, 5) is 12.3. The highest BCUT2D eigenvalue weighted by Crippen LogP contribution is 2.26. The second kappa shape index (κ2) is 10.3. The fourth-order valence-corrected chi connectivity index (χ4v) is 4.62. The van der Waals surface area contributed by atoms with E-state index in [9.17, 15) is 13.2 Å². The van der Waals surface area contributed by atoms with E-state index in [0.717, 1.165) is 11.1 Å². The molecule has 3 rings (SSSR count). The molecule has 0 fully saturated rings. The number of halogens is 2. The molecule has 32 heavy (non-hydrogen) atoms. The Hall–Kier alpha value is -2.74. The Morgan fingerprint density at radius 2 is 1.69 bits per heavy atom. The molecule has 6 nitrogen and oxygen atoms in total. The van der Waals surface area contributed by atoms with Gasteiger partial charge in [-0.25, -0.2) is 8.42 Å². The molecule has 2 N–H and O–H groups in total. The number of carbonyl (C=O) groups excluding carboxylic acids is 1. The number of sulfonamides is 1. The first kappa shape index (κ1) is 23.9. The molecular formula is C23H22Cl2N2O4S. The number of hydrogen-bond acceptors (Lipinski definition) is 4. The Labute approximate surface area is 197 Å². The van der Waals surface area contributed by atoms with Gasteiger partial charge in [0.15, 0.2) is 0 Å². The zero-order valence-corrected chi connectivity index (χ0v) is 19.8. The van der Waals surface area contributed by atoms with E-state index in [2.05, 4.69) is 10.0 Å². The summed E-state index contributed by atoms with van der Waals surface area (Å²) >= 11 is 12.2. The van der Waals surface area contributed by atoms with Crippen molar-refractivity contribution in [1.29, 1.82) is 0 Å². The maximum absolute atomic E-state index is 12.9. The van der Waals surface area contributed by atoms with Gasteiger partial charge in [-0.1, -0.05) is 41.4 Å². The van der Waals surface area contributed by atoms with Crippen molar-refractivity contribution in [3.05, 3.63) is 87.4 Å². The average molecular weight is 493 g/mol. The van der Waals surface area contributed by atoms with E-state index in [-0.39, 0.29) is 28.6 Å². The molecule has 0 bridgehead atoms. The quantitative estimate of drug-likeness (QED) is 0.422. The molecule has 0 heterocycles. The topological polar surface area (TPSA) is 84.5 Å². The van der Waals surface area contributed by atoms with Crippen LogP contribution in [0.4, 0.5) is 5.69 Å².